The third-order valence-corrected chi connectivity index (χ3v) is 10.8. The van der Waals surface area contributed by atoms with Crippen molar-refractivity contribution in [3.63, 3.8) is 0 Å². The summed E-state index contributed by atoms with van der Waals surface area (Å²) in [5.41, 5.74) is 4.50. The van der Waals surface area contributed by atoms with E-state index in [9.17, 15) is 23.6 Å². The molecule has 0 bridgehead atoms. The van der Waals surface area contributed by atoms with Crippen molar-refractivity contribution >= 4 is 56.3 Å². The molecule has 13 heteroatoms. The lowest BCUT2D eigenvalue weighted by Gasteiger charge is -2.28. The van der Waals surface area contributed by atoms with Crippen LogP contribution in [0.1, 0.15) is 34.3 Å². The summed E-state index contributed by atoms with van der Waals surface area (Å²) in [6.45, 7) is 1.21. The Morgan fingerprint density at radius 2 is 1.90 bits per heavy atom. The van der Waals surface area contributed by atoms with Crippen molar-refractivity contribution in [1.82, 2.24) is 25.4 Å². The average molecular weight is 690 g/mol. The zero-order valence-electron chi connectivity index (χ0n) is 26.4. The van der Waals surface area contributed by atoms with Crippen LogP contribution in [0.5, 0.6) is 0 Å². The predicted molar refractivity (Wildman–Crippen MR) is 185 cm³/mol. The van der Waals surface area contributed by atoms with Gasteiger partial charge >= 0.3 is 6.09 Å². The van der Waals surface area contributed by atoms with Crippen molar-refractivity contribution in [3.8, 4) is 11.3 Å². The van der Waals surface area contributed by atoms with E-state index in [0.717, 1.165) is 32.7 Å². The average Bonchev–Trinajstić information content (AvgIpc) is 3.68. The van der Waals surface area contributed by atoms with E-state index in [0.29, 0.717) is 55.7 Å². The molecule has 1 aromatic heterocycles. The minimum absolute atomic E-state index is 0.163. The van der Waals surface area contributed by atoms with E-state index in [1.54, 1.807) is 33.5 Å². The van der Waals surface area contributed by atoms with Crippen LogP contribution in [-0.2, 0) is 27.3 Å². The zero-order chi connectivity index (χ0) is 33.6. The maximum absolute atomic E-state index is 14.3. The number of H-pyrrole nitrogens is 1. The molecule has 0 radical (unpaired) electrons. The first-order valence-corrected chi connectivity index (χ1v) is 18.1. The molecule has 4 amide bonds. The highest BCUT2D eigenvalue weighted by Crippen LogP contribution is 2.35. The zero-order valence-corrected chi connectivity index (χ0v) is 28.1. The number of alkyl carbamates (subject to hydrolysis) is 1. The van der Waals surface area contributed by atoms with Crippen LogP contribution in [0.25, 0.3) is 22.2 Å². The minimum Gasteiger partial charge on any atom is -0.449 e. The number of halogens is 1. The Morgan fingerprint density at radius 1 is 1.10 bits per heavy atom. The first kappa shape index (κ1) is 33.4. The van der Waals surface area contributed by atoms with Gasteiger partial charge in [-0.05, 0) is 60.2 Å². The Bertz CT molecular complexity index is 1820. The maximum atomic E-state index is 14.3. The Morgan fingerprint density at radius 3 is 2.69 bits per heavy atom. The molecule has 0 aliphatic carbocycles. The van der Waals surface area contributed by atoms with Crippen LogP contribution >= 0.6 is 21.6 Å². The summed E-state index contributed by atoms with van der Waals surface area (Å²) in [5, 5.41) is 6.09. The van der Waals surface area contributed by atoms with E-state index in [1.165, 1.54) is 17.0 Å². The standard InChI is InChI=1S/C35H36FN5O5S2/c1-40(21-22-9-11-23(12-10-22)32-26-13-14-37-33(43)27-18-24(36)19-28(39-32)31(26)27)34(44)29-8-5-15-41(29)30(42)20-38-35(45)46-16-17-47-48-25-6-3-2-4-7-25/h2-4,6-7,9-12,18-19,29,39H,5,8,13-17,20-21H2,1H3,(H,37,43)(H,38,45). The molecule has 3 heterocycles. The number of aromatic amines is 1. The number of carbonyl (C=O) groups is 4. The van der Waals surface area contributed by atoms with Crippen molar-refractivity contribution in [1.29, 1.82) is 0 Å². The lowest BCUT2D eigenvalue weighted by Crippen LogP contribution is -2.49. The fraction of sp³-hybridized carbons (Fsp3) is 0.314. The highest BCUT2D eigenvalue weighted by molar-refractivity contribution is 8.76. The number of benzene rings is 3. The van der Waals surface area contributed by atoms with E-state index in [2.05, 4.69) is 15.6 Å². The van der Waals surface area contributed by atoms with Crippen LogP contribution in [0.15, 0.2) is 71.6 Å². The third kappa shape index (κ3) is 7.63. The summed E-state index contributed by atoms with van der Waals surface area (Å²) in [6.07, 6.45) is 1.20. The molecule has 2 aliphatic rings. The Labute approximate surface area is 285 Å². The first-order valence-electron chi connectivity index (χ1n) is 15.8. The number of likely N-dealkylation sites (tertiary alicyclic amines) is 1. The molecule has 6 rings (SSSR count). The number of hydrogen-bond acceptors (Lipinski definition) is 7. The lowest BCUT2D eigenvalue weighted by molar-refractivity contribution is -0.142. The Kier molecular flexibility index (Phi) is 10.6. The van der Waals surface area contributed by atoms with Crippen LogP contribution in [-0.4, -0.2) is 83.7 Å². The Hall–Kier alpha value is -4.49. The smallest absolute Gasteiger partial charge is 0.407 e. The number of nitrogens with zero attached hydrogens (tertiary/aromatic N) is 2. The van der Waals surface area contributed by atoms with E-state index in [-0.39, 0.29) is 30.9 Å². The molecule has 1 fully saturated rings. The van der Waals surface area contributed by atoms with Gasteiger partial charge in [-0.15, -0.1) is 0 Å². The molecule has 1 atom stereocenters. The molecule has 48 heavy (non-hydrogen) atoms. The van der Waals surface area contributed by atoms with Gasteiger partial charge in [-0.25, -0.2) is 9.18 Å². The summed E-state index contributed by atoms with van der Waals surface area (Å²) < 4.78 is 19.5. The van der Waals surface area contributed by atoms with Gasteiger partial charge in [-0.2, -0.15) is 0 Å². The highest BCUT2D eigenvalue weighted by Gasteiger charge is 2.35. The summed E-state index contributed by atoms with van der Waals surface area (Å²) in [5.74, 6) is -0.647. The number of ether oxygens (including phenoxy) is 1. The summed E-state index contributed by atoms with van der Waals surface area (Å²) in [7, 11) is 4.89. The van der Waals surface area contributed by atoms with Crippen molar-refractivity contribution in [2.45, 2.75) is 36.7 Å². The monoisotopic (exact) mass is 689 g/mol. The van der Waals surface area contributed by atoms with Gasteiger partial charge in [0.15, 0.2) is 0 Å². The van der Waals surface area contributed by atoms with Crippen LogP contribution < -0.4 is 10.6 Å². The van der Waals surface area contributed by atoms with Crippen molar-refractivity contribution in [2.75, 3.05) is 39.0 Å². The van der Waals surface area contributed by atoms with Crippen LogP contribution in [0.3, 0.4) is 0 Å². The number of rotatable bonds is 11. The molecule has 1 unspecified atom stereocenters. The van der Waals surface area contributed by atoms with Crippen molar-refractivity contribution in [3.05, 3.63) is 89.2 Å². The molecular weight excluding hydrogens is 654 g/mol. The van der Waals surface area contributed by atoms with Gasteiger partial charge in [-0.3, -0.25) is 14.4 Å². The molecule has 1 saturated heterocycles. The number of hydrogen-bond donors (Lipinski definition) is 3. The van der Waals surface area contributed by atoms with Gasteiger partial charge in [0.2, 0.25) is 11.8 Å². The molecule has 0 spiro atoms. The van der Waals surface area contributed by atoms with E-state index >= 15 is 0 Å². The maximum Gasteiger partial charge on any atom is 0.407 e. The molecular formula is C35H36FN5O5S2. The summed E-state index contributed by atoms with van der Waals surface area (Å²) in [6, 6.07) is 19.8. The quantitative estimate of drug-likeness (QED) is 0.143. The van der Waals surface area contributed by atoms with Crippen LogP contribution in [0, 0.1) is 5.82 Å². The van der Waals surface area contributed by atoms with Crippen molar-refractivity contribution in [2.24, 2.45) is 0 Å². The van der Waals surface area contributed by atoms with Gasteiger partial charge in [-0.1, -0.05) is 64.1 Å². The van der Waals surface area contributed by atoms with Crippen LogP contribution in [0.2, 0.25) is 0 Å². The fourth-order valence-corrected chi connectivity index (χ4v) is 8.03. The molecule has 0 saturated carbocycles. The van der Waals surface area contributed by atoms with Gasteiger partial charge in [0.05, 0.1) is 5.56 Å². The van der Waals surface area contributed by atoms with Crippen LogP contribution in [0.4, 0.5) is 9.18 Å². The number of carbonyl (C=O) groups excluding carboxylic acids is 4. The molecule has 2 aliphatic heterocycles. The van der Waals surface area contributed by atoms with Gasteiger partial charge in [0.25, 0.3) is 5.91 Å². The SMILES string of the molecule is CN(Cc1ccc(-c2[nH]c3cc(F)cc4c3c2CCNC4=O)cc1)C(=O)C1CCCN1C(=O)CNC(=O)OCCSSc1ccccc1. The summed E-state index contributed by atoms with van der Waals surface area (Å²) in [4.78, 5) is 58.7. The number of nitrogens with one attached hydrogen (secondary N) is 3. The second-order valence-electron chi connectivity index (χ2n) is 11.7. The molecule has 3 N–H and O–H groups in total. The highest BCUT2D eigenvalue weighted by atomic mass is 33.1. The Balaban J connectivity index is 1.00. The van der Waals surface area contributed by atoms with Gasteiger partial charge in [0, 0.05) is 53.9 Å². The minimum atomic E-state index is -0.665. The third-order valence-electron chi connectivity index (χ3n) is 8.45. The largest absolute Gasteiger partial charge is 0.449 e. The summed E-state index contributed by atoms with van der Waals surface area (Å²) >= 11 is 0. The molecule has 10 nitrogen and oxygen atoms in total. The fourth-order valence-electron chi connectivity index (χ4n) is 6.20. The number of aromatic nitrogens is 1. The second kappa shape index (κ2) is 15.2. The van der Waals surface area contributed by atoms with E-state index < -0.39 is 18.0 Å². The molecule has 3 aromatic carbocycles. The lowest BCUT2D eigenvalue weighted by atomic mass is 9.99. The van der Waals surface area contributed by atoms with E-state index in [1.807, 2.05) is 54.6 Å². The van der Waals surface area contributed by atoms with E-state index in [4.69, 9.17) is 4.74 Å². The normalized spacial score (nSPS) is 15.6. The first-order chi connectivity index (χ1) is 23.3. The van der Waals surface area contributed by atoms with Crippen molar-refractivity contribution < 1.29 is 28.3 Å². The topological polar surface area (TPSA) is 124 Å². The predicted octanol–water partition coefficient (Wildman–Crippen LogP) is 5.38. The van der Waals surface area contributed by atoms with Gasteiger partial charge < -0.3 is 30.2 Å². The molecule has 4 aromatic rings. The molecule has 250 valence electrons. The number of likely N-dealkylation sites (N-methyl/N-ethyl adjacent to an activating group) is 1. The second-order valence-corrected chi connectivity index (χ2v) is 14.2. The number of amides is 4. The van der Waals surface area contributed by atoms with Gasteiger partial charge in [0.1, 0.15) is 25.0 Å².